The predicted octanol–water partition coefficient (Wildman–Crippen LogP) is 3.95. The molecular formula is C24H19ClN4O7. The first-order chi connectivity index (χ1) is 17.2. The summed E-state index contributed by atoms with van der Waals surface area (Å²) in [6.45, 7) is 1.54. The molecule has 0 bridgehead atoms. The Labute approximate surface area is 209 Å². The lowest BCUT2D eigenvalue weighted by molar-refractivity contribution is -0.384. The topological polar surface area (TPSA) is 149 Å². The number of nitro groups is 1. The number of nitrogens with zero attached hydrogens (tertiary/aromatic N) is 2. The highest BCUT2D eigenvalue weighted by Crippen LogP contribution is 2.27. The van der Waals surface area contributed by atoms with Gasteiger partial charge in [0.2, 0.25) is 0 Å². The van der Waals surface area contributed by atoms with E-state index in [9.17, 15) is 24.5 Å². The van der Waals surface area contributed by atoms with Crippen LogP contribution in [0, 0.1) is 10.1 Å². The number of nitro benzene ring substituents is 1. The van der Waals surface area contributed by atoms with E-state index < -0.39 is 22.7 Å². The number of carbonyl (C=O) groups is 3. The lowest BCUT2D eigenvalue weighted by Crippen LogP contribution is -2.33. The number of methoxy groups -OCH3 is 1. The molecule has 0 atom stereocenters. The normalized spacial score (nSPS) is 10.8. The molecule has 3 aromatic carbocycles. The molecule has 3 aromatic rings. The number of nitrogens with one attached hydrogen (secondary N) is 2. The van der Waals surface area contributed by atoms with E-state index in [2.05, 4.69) is 15.8 Å². The van der Waals surface area contributed by atoms with Gasteiger partial charge in [0.25, 0.3) is 5.69 Å². The minimum atomic E-state index is -1.06. The first kappa shape index (κ1) is 25.8. The molecule has 0 heterocycles. The number of esters is 1. The smallest absolute Gasteiger partial charge is 0.343 e. The number of hydrogen-bond acceptors (Lipinski definition) is 8. The number of halogens is 1. The predicted molar refractivity (Wildman–Crippen MR) is 131 cm³/mol. The molecular weight excluding hydrogens is 492 g/mol. The second-order valence-electron chi connectivity index (χ2n) is 7.13. The van der Waals surface area contributed by atoms with E-state index >= 15 is 0 Å². The molecule has 0 fully saturated rings. The maximum absolute atomic E-state index is 12.5. The van der Waals surface area contributed by atoms with Gasteiger partial charge >= 0.3 is 17.8 Å². The molecule has 0 aromatic heterocycles. The number of ether oxygens (including phenoxy) is 2. The first-order valence-electron chi connectivity index (χ1n) is 10.2. The molecule has 12 heteroatoms. The lowest BCUT2D eigenvalue weighted by atomic mass is 10.1. The van der Waals surface area contributed by atoms with Crippen molar-refractivity contribution in [3.8, 4) is 11.5 Å². The number of carbonyl (C=O) groups excluding carboxylic acids is 3. The van der Waals surface area contributed by atoms with E-state index in [0.717, 1.165) is 0 Å². The molecule has 184 valence electrons. The van der Waals surface area contributed by atoms with Crippen molar-refractivity contribution in [3.63, 3.8) is 0 Å². The lowest BCUT2D eigenvalue weighted by Gasteiger charge is -2.11. The monoisotopic (exact) mass is 510 g/mol. The molecule has 3 rings (SSSR count). The Hall–Kier alpha value is -4.77. The quantitative estimate of drug-likeness (QED) is 0.122. The third-order valence-electron chi connectivity index (χ3n) is 4.73. The standard InChI is InChI=1S/C24H19ClN4O7/c1-14(27-28-23(31)22(30)26-19-13-16(25)9-12-21(19)35-2)18-5-3-4-6-20(18)36-24(32)15-7-10-17(11-8-15)29(33)34/h3-13H,1-2H3,(H,26,30)(H,28,31)/b27-14+. The number of anilines is 1. The van der Waals surface area contributed by atoms with E-state index in [4.69, 9.17) is 21.1 Å². The molecule has 0 unspecified atom stereocenters. The van der Waals surface area contributed by atoms with Crippen LogP contribution in [0.5, 0.6) is 11.5 Å². The van der Waals surface area contributed by atoms with Gasteiger partial charge in [-0.05, 0) is 49.4 Å². The molecule has 2 N–H and O–H groups in total. The van der Waals surface area contributed by atoms with Gasteiger partial charge in [0.15, 0.2) is 0 Å². The van der Waals surface area contributed by atoms with Crippen LogP contribution in [0.15, 0.2) is 71.8 Å². The van der Waals surface area contributed by atoms with Crippen LogP contribution < -0.4 is 20.2 Å². The number of para-hydroxylation sites is 1. The van der Waals surface area contributed by atoms with Crippen molar-refractivity contribution >= 4 is 46.5 Å². The fraction of sp³-hybridized carbons (Fsp3) is 0.0833. The Balaban J connectivity index is 1.70. The number of rotatable bonds is 7. The summed E-state index contributed by atoms with van der Waals surface area (Å²) in [5.74, 6) is -2.38. The summed E-state index contributed by atoms with van der Waals surface area (Å²) in [6, 6.07) is 15.9. The van der Waals surface area contributed by atoms with Crippen LogP contribution in [0.4, 0.5) is 11.4 Å². The maximum atomic E-state index is 12.5. The van der Waals surface area contributed by atoms with Crippen molar-refractivity contribution in [3.05, 3.63) is 93.0 Å². The largest absolute Gasteiger partial charge is 0.495 e. The van der Waals surface area contributed by atoms with E-state index in [1.165, 1.54) is 56.5 Å². The molecule has 36 heavy (non-hydrogen) atoms. The summed E-state index contributed by atoms with van der Waals surface area (Å²) in [5.41, 5.74) is 2.89. The van der Waals surface area contributed by atoms with Crippen LogP contribution in [-0.4, -0.2) is 35.5 Å². The number of hydrazone groups is 1. The van der Waals surface area contributed by atoms with Crippen LogP contribution in [0.3, 0.4) is 0 Å². The summed E-state index contributed by atoms with van der Waals surface area (Å²) >= 11 is 5.92. The van der Waals surface area contributed by atoms with Gasteiger partial charge in [0, 0.05) is 22.7 Å². The van der Waals surface area contributed by atoms with Gasteiger partial charge < -0.3 is 14.8 Å². The molecule has 0 aliphatic heterocycles. The van der Waals surface area contributed by atoms with Crippen molar-refractivity contribution in [1.82, 2.24) is 5.43 Å². The van der Waals surface area contributed by atoms with Gasteiger partial charge in [0.1, 0.15) is 11.5 Å². The van der Waals surface area contributed by atoms with Gasteiger partial charge in [-0.2, -0.15) is 5.10 Å². The number of benzene rings is 3. The Morgan fingerprint density at radius 1 is 0.972 bits per heavy atom. The molecule has 0 saturated carbocycles. The van der Waals surface area contributed by atoms with Crippen LogP contribution >= 0.6 is 11.6 Å². The van der Waals surface area contributed by atoms with Gasteiger partial charge in [0.05, 0.1) is 29.0 Å². The number of hydrogen-bond donors (Lipinski definition) is 2. The summed E-state index contributed by atoms with van der Waals surface area (Å²) in [6.07, 6.45) is 0. The summed E-state index contributed by atoms with van der Waals surface area (Å²) < 4.78 is 10.5. The minimum Gasteiger partial charge on any atom is -0.495 e. The van der Waals surface area contributed by atoms with E-state index in [0.29, 0.717) is 16.3 Å². The molecule has 0 aliphatic rings. The fourth-order valence-electron chi connectivity index (χ4n) is 2.94. The molecule has 0 aliphatic carbocycles. The third kappa shape index (κ3) is 6.42. The maximum Gasteiger partial charge on any atom is 0.343 e. The summed E-state index contributed by atoms with van der Waals surface area (Å²) in [7, 11) is 1.40. The van der Waals surface area contributed by atoms with E-state index in [-0.39, 0.29) is 28.4 Å². The highest BCUT2D eigenvalue weighted by atomic mass is 35.5. The van der Waals surface area contributed by atoms with Crippen molar-refractivity contribution < 1.29 is 28.8 Å². The van der Waals surface area contributed by atoms with Gasteiger partial charge in [-0.15, -0.1) is 0 Å². The molecule has 2 amide bonds. The van der Waals surface area contributed by atoms with E-state index in [1.54, 1.807) is 24.3 Å². The van der Waals surface area contributed by atoms with E-state index in [1.807, 2.05) is 0 Å². The Morgan fingerprint density at radius 2 is 1.67 bits per heavy atom. The van der Waals surface area contributed by atoms with Gasteiger partial charge in [-0.3, -0.25) is 19.7 Å². The van der Waals surface area contributed by atoms with Crippen LogP contribution in [0.1, 0.15) is 22.8 Å². The average molecular weight is 511 g/mol. The summed E-state index contributed by atoms with van der Waals surface area (Å²) in [5, 5.41) is 17.4. The zero-order valence-corrected chi connectivity index (χ0v) is 19.7. The molecule has 0 spiro atoms. The molecule has 0 saturated heterocycles. The third-order valence-corrected chi connectivity index (χ3v) is 4.97. The Bertz CT molecular complexity index is 1360. The number of amides is 2. The molecule has 0 radical (unpaired) electrons. The number of non-ortho nitro benzene ring substituents is 1. The second kappa shape index (κ2) is 11.6. The van der Waals surface area contributed by atoms with Crippen LogP contribution in [0.2, 0.25) is 5.02 Å². The van der Waals surface area contributed by atoms with Gasteiger partial charge in [-0.25, -0.2) is 10.2 Å². The van der Waals surface area contributed by atoms with Gasteiger partial charge in [-0.1, -0.05) is 23.7 Å². The zero-order chi connectivity index (χ0) is 26.2. The first-order valence-corrected chi connectivity index (χ1v) is 10.6. The van der Waals surface area contributed by atoms with Crippen molar-refractivity contribution in [2.45, 2.75) is 6.92 Å². The second-order valence-corrected chi connectivity index (χ2v) is 7.56. The zero-order valence-electron chi connectivity index (χ0n) is 19.0. The highest BCUT2D eigenvalue weighted by Gasteiger charge is 2.18. The van der Waals surface area contributed by atoms with Crippen LogP contribution in [-0.2, 0) is 9.59 Å². The minimum absolute atomic E-state index is 0.103. The average Bonchev–Trinajstić information content (AvgIpc) is 2.87. The van der Waals surface area contributed by atoms with Crippen molar-refractivity contribution in [1.29, 1.82) is 0 Å². The summed E-state index contributed by atoms with van der Waals surface area (Å²) in [4.78, 5) is 47.2. The van der Waals surface area contributed by atoms with Crippen molar-refractivity contribution in [2.75, 3.05) is 12.4 Å². The Kier molecular flexibility index (Phi) is 8.31. The van der Waals surface area contributed by atoms with Crippen molar-refractivity contribution in [2.24, 2.45) is 5.10 Å². The van der Waals surface area contributed by atoms with Crippen LogP contribution in [0.25, 0.3) is 0 Å². The highest BCUT2D eigenvalue weighted by molar-refractivity contribution is 6.40. The SMILES string of the molecule is COc1ccc(Cl)cc1NC(=O)C(=O)N/N=C(\C)c1ccccc1OC(=O)c1ccc([N+](=O)[O-])cc1. The molecule has 11 nitrogen and oxygen atoms in total. The Morgan fingerprint density at radius 3 is 2.33 bits per heavy atom. The fourth-order valence-corrected chi connectivity index (χ4v) is 3.11.